The Labute approximate surface area is 247 Å². The molecule has 2 amide bonds. The molecule has 2 heterocycles. The highest BCUT2D eigenvalue weighted by Crippen LogP contribution is 2.31. The molecule has 0 atom stereocenters. The van der Waals surface area contributed by atoms with Crippen LogP contribution in [0.3, 0.4) is 0 Å². The summed E-state index contributed by atoms with van der Waals surface area (Å²) in [6, 6.07) is 12.6. The monoisotopic (exact) mass is 575 g/mol. The molecule has 2 fully saturated rings. The van der Waals surface area contributed by atoms with Crippen LogP contribution < -0.4 is 16.6 Å². The number of rotatable bonds is 7. The fourth-order valence-electron chi connectivity index (χ4n) is 5.02. The number of morpholine rings is 1. The van der Waals surface area contributed by atoms with E-state index in [0.717, 1.165) is 18.4 Å². The van der Waals surface area contributed by atoms with Gasteiger partial charge in [-0.3, -0.25) is 20.2 Å². The zero-order valence-electron chi connectivity index (χ0n) is 24.6. The number of hydrogen-bond donors (Lipinski definition) is 3. The van der Waals surface area contributed by atoms with Gasteiger partial charge in [0.2, 0.25) is 0 Å². The van der Waals surface area contributed by atoms with Crippen molar-refractivity contribution in [3.8, 4) is 0 Å². The van der Waals surface area contributed by atoms with Crippen molar-refractivity contribution in [1.82, 2.24) is 9.80 Å². The standard InChI is InChI=1S/C31H41N7O4/c1-31(2,3)42-30(40)37-13-11-21(12-14-37)23-7-10-26(32)25(19-23)28(33)27(35-4)20-38(34)24-8-5-22(6-9-24)29(39)36-15-17-41-18-16-36/h5-10,19-21,33H,4,11-18,32,34H2,1-3H3/b27-20-,33-28?. The van der Waals surface area contributed by atoms with Crippen molar-refractivity contribution >= 4 is 35.8 Å². The number of hydrogen-bond acceptors (Lipinski definition) is 9. The first-order valence-corrected chi connectivity index (χ1v) is 14.1. The Morgan fingerprint density at radius 3 is 2.31 bits per heavy atom. The van der Waals surface area contributed by atoms with Crippen LogP contribution in [0.4, 0.5) is 16.2 Å². The Balaban J connectivity index is 1.44. The number of ether oxygens (including phenoxy) is 2. The summed E-state index contributed by atoms with van der Waals surface area (Å²) in [5.74, 6) is 6.47. The lowest BCUT2D eigenvalue weighted by Crippen LogP contribution is -2.41. The molecule has 11 nitrogen and oxygen atoms in total. The molecule has 2 aliphatic rings. The van der Waals surface area contributed by atoms with E-state index in [2.05, 4.69) is 11.7 Å². The van der Waals surface area contributed by atoms with Crippen LogP contribution in [0.1, 0.15) is 61.0 Å². The molecule has 0 radical (unpaired) electrons. The van der Waals surface area contributed by atoms with E-state index in [1.54, 1.807) is 40.1 Å². The molecule has 2 aromatic carbocycles. The molecule has 0 spiro atoms. The minimum absolute atomic E-state index is 0.0509. The van der Waals surface area contributed by atoms with Gasteiger partial charge in [-0.15, -0.1) is 0 Å². The maximum atomic E-state index is 12.7. The van der Waals surface area contributed by atoms with E-state index < -0.39 is 5.60 Å². The molecule has 2 aromatic rings. The number of benzene rings is 2. The van der Waals surface area contributed by atoms with E-state index in [-0.39, 0.29) is 29.3 Å². The lowest BCUT2D eigenvalue weighted by Gasteiger charge is -2.33. The number of carbonyl (C=O) groups excluding carboxylic acids is 2. The van der Waals surface area contributed by atoms with Crippen LogP contribution in [0.25, 0.3) is 0 Å². The van der Waals surface area contributed by atoms with Crippen LogP contribution in [0.15, 0.2) is 59.4 Å². The number of nitrogen functional groups attached to an aromatic ring is 1. The van der Waals surface area contributed by atoms with Crippen molar-refractivity contribution in [2.75, 3.05) is 50.1 Å². The number of amides is 2. The number of hydrazine groups is 1. The lowest BCUT2D eigenvalue weighted by molar-refractivity contribution is 0.0204. The average molecular weight is 576 g/mol. The molecular formula is C31H41N7O4. The Bertz CT molecular complexity index is 1340. The first-order chi connectivity index (χ1) is 20.0. The van der Waals surface area contributed by atoms with Crippen LogP contribution in [-0.2, 0) is 9.47 Å². The van der Waals surface area contributed by atoms with Crippen molar-refractivity contribution in [2.45, 2.75) is 45.1 Å². The summed E-state index contributed by atoms with van der Waals surface area (Å²) in [6.07, 6.45) is 2.77. The van der Waals surface area contributed by atoms with E-state index >= 15 is 0 Å². The van der Waals surface area contributed by atoms with Crippen molar-refractivity contribution < 1.29 is 19.1 Å². The maximum absolute atomic E-state index is 12.7. The zero-order chi connectivity index (χ0) is 30.4. The Hall–Kier alpha value is -4.22. The maximum Gasteiger partial charge on any atom is 0.410 e. The van der Waals surface area contributed by atoms with Gasteiger partial charge in [-0.2, -0.15) is 0 Å². The van der Waals surface area contributed by atoms with E-state index in [4.69, 9.17) is 26.5 Å². The van der Waals surface area contributed by atoms with E-state index in [9.17, 15) is 9.59 Å². The summed E-state index contributed by atoms with van der Waals surface area (Å²) in [7, 11) is 0. The molecule has 2 aliphatic heterocycles. The second-order valence-corrected chi connectivity index (χ2v) is 11.5. The number of anilines is 2. The topological polar surface area (TPSA) is 151 Å². The van der Waals surface area contributed by atoms with E-state index in [0.29, 0.717) is 61.9 Å². The second kappa shape index (κ2) is 13.2. The Morgan fingerprint density at radius 1 is 1.07 bits per heavy atom. The highest BCUT2D eigenvalue weighted by Gasteiger charge is 2.28. The minimum atomic E-state index is -0.533. The SMILES string of the molecule is C=N/C(=C\N(N)c1ccc(C(=O)N2CCOCC2)cc1)C(=N)c1cc(C2CCN(C(=O)OC(C)(C)C)CC2)ccc1N. The van der Waals surface area contributed by atoms with Gasteiger partial charge in [-0.25, -0.2) is 10.6 Å². The van der Waals surface area contributed by atoms with Gasteiger partial charge >= 0.3 is 6.09 Å². The average Bonchev–Trinajstić information content (AvgIpc) is 2.99. The van der Waals surface area contributed by atoms with Crippen molar-refractivity contribution in [2.24, 2.45) is 10.8 Å². The number of piperidine rings is 1. The Kier molecular flexibility index (Phi) is 9.64. The molecule has 42 heavy (non-hydrogen) atoms. The first kappa shape index (κ1) is 30.7. The smallest absolute Gasteiger partial charge is 0.410 e. The van der Waals surface area contributed by atoms with Gasteiger partial charge in [0, 0.05) is 49.2 Å². The molecule has 0 bridgehead atoms. The molecule has 4 rings (SSSR count). The summed E-state index contributed by atoms with van der Waals surface area (Å²) >= 11 is 0. The summed E-state index contributed by atoms with van der Waals surface area (Å²) < 4.78 is 10.8. The normalized spacial score (nSPS) is 16.6. The zero-order valence-corrected chi connectivity index (χ0v) is 24.6. The van der Waals surface area contributed by atoms with Gasteiger partial charge in [-0.1, -0.05) is 6.07 Å². The molecule has 224 valence electrons. The number of aliphatic imine (C=N–C) groups is 1. The molecule has 0 unspecified atom stereocenters. The van der Waals surface area contributed by atoms with Crippen LogP contribution in [0.5, 0.6) is 0 Å². The predicted molar refractivity (Wildman–Crippen MR) is 165 cm³/mol. The predicted octanol–water partition coefficient (Wildman–Crippen LogP) is 4.15. The first-order valence-electron chi connectivity index (χ1n) is 14.1. The third-order valence-corrected chi connectivity index (χ3v) is 7.36. The molecule has 5 N–H and O–H groups in total. The summed E-state index contributed by atoms with van der Waals surface area (Å²) in [5.41, 5.74) is 9.28. The van der Waals surface area contributed by atoms with E-state index in [1.807, 2.05) is 32.9 Å². The van der Waals surface area contributed by atoms with Crippen molar-refractivity contribution in [3.63, 3.8) is 0 Å². The van der Waals surface area contributed by atoms with Crippen LogP contribution >= 0.6 is 0 Å². The summed E-state index contributed by atoms with van der Waals surface area (Å²) in [6.45, 7) is 12.6. The van der Waals surface area contributed by atoms with Crippen molar-refractivity contribution in [3.05, 3.63) is 71.1 Å². The van der Waals surface area contributed by atoms with Crippen molar-refractivity contribution in [1.29, 1.82) is 5.41 Å². The van der Waals surface area contributed by atoms with Gasteiger partial charge in [0.15, 0.2) is 0 Å². The minimum Gasteiger partial charge on any atom is -0.444 e. The van der Waals surface area contributed by atoms with Crippen LogP contribution in [0, 0.1) is 5.41 Å². The highest BCUT2D eigenvalue weighted by molar-refractivity contribution is 6.14. The second-order valence-electron chi connectivity index (χ2n) is 11.5. The third-order valence-electron chi connectivity index (χ3n) is 7.36. The van der Waals surface area contributed by atoms with Gasteiger partial charge in [-0.05, 0) is 88.2 Å². The number of nitrogens with zero attached hydrogens (tertiary/aromatic N) is 4. The number of allylic oxidation sites excluding steroid dienone is 1. The van der Waals surface area contributed by atoms with Gasteiger partial charge < -0.3 is 25.0 Å². The Morgan fingerprint density at radius 2 is 1.71 bits per heavy atom. The fourth-order valence-corrected chi connectivity index (χ4v) is 5.02. The van der Waals surface area contributed by atoms with E-state index in [1.165, 1.54) is 11.2 Å². The molecule has 0 aliphatic carbocycles. The number of nitrogens with two attached hydrogens (primary N) is 2. The van der Waals surface area contributed by atoms with Gasteiger partial charge in [0.25, 0.3) is 5.91 Å². The fraction of sp³-hybridized carbons (Fsp3) is 0.419. The lowest BCUT2D eigenvalue weighted by atomic mass is 9.87. The van der Waals surface area contributed by atoms with Gasteiger partial charge in [0.05, 0.1) is 24.6 Å². The quantitative estimate of drug-likeness (QED) is 0.194. The van der Waals surface area contributed by atoms with Crippen LogP contribution in [0.2, 0.25) is 0 Å². The molecule has 0 saturated carbocycles. The number of carbonyl (C=O) groups is 2. The molecule has 0 aromatic heterocycles. The number of likely N-dealkylation sites (tertiary alicyclic amines) is 1. The summed E-state index contributed by atoms with van der Waals surface area (Å²) in [5, 5.41) is 10.2. The molecule has 2 saturated heterocycles. The van der Waals surface area contributed by atoms with Gasteiger partial charge in [0.1, 0.15) is 11.3 Å². The largest absolute Gasteiger partial charge is 0.444 e. The third kappa shape index (κ3) is 7.54. The number of nitrogens with one attached hydrogen (secondary N) is 1. The summed E-state index contributed by atoms with van der Waals surface area (Å²) in [4.78, 5) is 32.8. The van der Waals surface area contributed by atoms with Crippen LogP contribution in [-0.4, -0.2) is 79.2 Å². The molecule has 11 heteroatoms. The highest BCUT2D eigenvalue weighted by atomic mass is 16.6. The molecular weight excluding hydrogens is 534 g/mol.